The van der Waals surface area contributed by atoms with Crippen LogP contribution < -0.4 is 0 Å². The number of rotatable bonds is 3. The molecule has 1 aromatic heterocycles. The Kier molecular flexibility index (Phi) is 4.92. The van der Waals surface area contributed by atoms with Crippen LogP contribution in [0.15, 0.2) is 28.8 Å². The van der Waals surface area contributed by atoms with E-state index in [2.05, 4.69) is 5.16 Å². The Morgan fingerprint density at radius 2 is 2.21 bits per heavy atom. The van der Waals surface area contributed by atoms with Crippen molar-refractivity contribution in [1.82, 2.24) is 10.1 Å². The molecular weight excluding hydrogens is 328 g/mol. The smallest absolute Gasteiger partial charge is 0.227 e. The summed E-state index contributed by atoms with van der Waals surface area (Å²) in [6.45, 7) is 6.71. The average Bonchev–Trinajstić information content (AvgIpc) is 2.87. The molecule has 24 heavy (non-hydrogen) atoms. The molecule has 1 saturated heterocycles. The van der Waals surface area contributed by atoms with Gasteiger partial charge in [0, 0.05) is 10.6 Å². The Morgan fingerprint density at radius 3 is 2.88 bits per heavy atom. The lowest BCUT2D eigenvalue weighted by Gasteiger charge is -2.38. The summed E-state index contributed by atoms with van der Waals surface area (Å²) in [6, 6.07) is 7.63. The third-order valence-corrected chi connectivity index (χ3v) is 4.72. The van der Waals surface area contributed by atoms with Gasteiger partial charge in [-0.25, -0.2) is 0 Å². The Bertz CT molecular complexity index is 724. The van der Waals surface area contributed by atoms with Gasteiger partial charge in [0.25, 0.3) is 0 Å². The normalized spacial score (nSPS) is 21.1. The van der Waals surface area contributed by atoms with Crippen molar-refractivity contribution >= 4 is 17.5 Å². The molecule has 0 unspecified atom stereocenters. The van der Waals surface area contributed by atoms with Crippen LogP contribution in [0.2, 0.25) is 5.02 Å². The summed E-state index contributed by atoms with van der Waals surface area (Å²) in [4.78, 5) is 14.7. The number of amides is 1. The van der Waals surface area contributed by atoms with Crippen LogP contribution in [0.25, 0.3) is 0 Å². The van der Waals surface area contributed by atoms with Crippen molar-refractivity contribution in [1.29, 1.82) is 0 Å². The first-order valence-electron chi connectivity index (χ1n) is 8.04. The van der Waals surface area contributed by atoms with Gasteiger partial charge in [-0.15, -0.1) is 0 Å². The molecule has 2 heterocycles. The van der Waals surface area contributed by atoms with Gasteiger partial charge in [0.05, 0.1) is 31.3 Å². The monoisotopic (exact) mass is 348 g/mol. The Morgan fingerprint density at radius 1 is 1.42 bits per heavy atom. The van der Waals surface area contributed by atoms with Crippen molar-refractivity contribution in [2.75, 3.05) is 13.2 Å². The molecule has 1 fully saturated rings. The predicted octanol–water partition coefficient (Wildman–Crippen LogP) is 3.48. The number of hydrogen-bond acceptors (Lipinski definition) is 4. The van der Waals surface area contributed by atoms with Gasteiger partial charge in [0.15, 0.2) is 0 Å². The molecule has 0 saturated carbocycles. The number of aromatic nitrogens is 1. The minimum absolute atomic E-state index is 0.0356. The molecule has 5 nitrogen and oxygen atoms in total. The summed E-state index contributed by atoms with van der Waals surface area (Å²) in [5.41, 5.74) is 2.63. The lowest BCUT2D eigenvalue weighted by molar-refractivity contribution is -0.143. The fourth-order valence-electron chi connectivity index (χ4n) is 3.02. The van der Waals surface area contributed by atoms with Gasteiger partial charge in [-0.2, -0.15) is 0 Å². The van der Waals surface area contributed by atoms with Crippen LogP contribution in [0.1, 0.15) is 35.6 Å². The standard InChI is InChI=1S/C18H21ClN2O3/c1-11-10-23-17(14-5-4-6-15(19)7-14)9-21(11)18(22)8-16-12(2)20-24-13(16)3/h4-7,11,17H,8-10H2,1-3H3/t11-,17+/m0/s1. The molecule has 0 aliphatic carbocycles. The highest BCUT2D eigenvalue weighted by Gasteiger charge is 2.31. The van der Waals surface area contributed by atoms with Crippen LogP contribution in [0.4, 0.5) is 0 Å². The molecule has 2 atom stereocenters. The van der Waals surface area contributed by atoms with E-state index in [1.54, 1.807) is 0 Å². The topological polar surface area (TPSA) is 55.6 Å². The highest BCUT2D eigenvalue weighted by molar-refractivity contribution is 6.30. The van der Waals surface area contributed by atoms with Crippen molar-refractivity contribution in [2.24, 2.45) is 0 Å². The molecular formula is C18H21ClN2O3. The molecule has 0 radical (unpaired) electrons. The minimum Gasteiger partial charge on any atom is -0.370 e. The van der Waals surface area contributed by atoms with Crippen molar-refractivity contribution in [3.63, 3.8) is 0 Å². The van der Waals surface area contributed by atoms with Crippen molar-refractivity contribution in [3.8, 4) is 0 Å². The van der Waals surface area contributed by atoms with Crippen molar-refractivity contribution in [2.45, 2.75) is 39.3 Å². The van der Waals surface area contributed by atoms with Gasteiger partial charge in [0.2, 0.25) is 5.91 Å². The van der Waals surface area contributed by atoms with E-state index >= 15 is 0 Å². The number of ether oxygens (including phenoxy) is 1. The summed E-state index contributed by atoms with van der Waals surface area (Å²) >= 11 is 6.07. The fraction of sp³-hybridized carbons (Fsp3) is 0.444. The molecule has 0 spiro atoms. The maximum atomic E-state index is 12.8. The molecule has 1 aliphatic heterocycles. The number of halogens is 1. The van der Waals surface area contributed by atoms with E-state index in [0.717, 1.165) is 16.8 Å². The first kappa shape index (κ1) is 17.0. The number of morpholine rings is 1. The Hall–Kier alpha value is -1.85. The molecule has 1 aromatic carbocycles. The fourth-order valence-corrected chi connectivity index (χ4v) is 3.22. The quantitative estimate of drug-likeness (QED) is 0.852. The van der Waals surface area contributed by atoms with Gasteiger partial charge in [-0.1, -0.05) is 28.9 Å². The third kappa shape index (κ3) is 3.47. The Balaban J connectivity index is 1.75. The highest BCUT2D eigenvalue weighted by Crippen LogP contribution is 2.27. The van der Waals surface area contributed by atoms with Crippen LogP contribution in [-0.2, 0) is 16.0 Å². The largest absolute Gasteiger partial charge is 0.370 e. The third-order valence-electron chi connectivity index (χ3n) is 4.48. The second kappa shape index (κ2) is 6.95. The highest BCUT2D eigenvalue weighted by atomic mass is 35.5. The zero-order valence-corrected chi connectivity index (χ0v) is 14.8. The summed E-state index contributed by atoms with van der Waals surface area (Å²) < 4.78 is 11.1. The number of carbonyl (C=O) groups excluding carboxylic acids is 1. The van der Waals surface area contributed by atoms with E-state index in [0.29, 0.717) is 30.4 Å². The zero-order chi connectivity index (χ0) is 17.3. The van der Waals surface area contributed by atoms with Crippen molar-refractivity contribution in [3.05, 3.63) is 51.9 Å². The number of carbonyl (C=O) groups is 1. The van der Waals surface area contributed by atoms with Gasteiger partial charge < -0.3 is 14.2 Å². The van der Waals surface area contributed by atoms with Crippen LogP contribution in [0.5, 0.6) is 0 Å². The predicted molar refractivity (Wildman–Crippen MR) is 91.0 cm³/mol. The SMILES string of the molecule is Cc1noc(C)c1CC(=O)N1C[C@H](c2cccc(Cl)c2)OC[C@@H]1C. The first-order valence-corrected chi connectivity index (χ1v) is 8.41. The zero-order valence-electron chi connectivity index (χ0n) is 14.1. The molecule has 0 bridgehead atoms. The number of nitrogens with zero attached hydrogens (tertiary/aromatic N) is 2. The van der Waals surface area contributed by atoms with E-state index < -0.39 is 0 Å². The van der Waals surface area contributed by atoms with Crippen LogP contribution >= 0.6 is 11.6 Å². The number of hydrogen-bond donors (Lipinski definition) is 0. The molecule has 3 rings (SSSR count). The Labute approximate surface area is 146 Å². The molecule has 0 N–H and O–H groups in total. The van der Waals surface area contributed by atoms with E-state index in [-0.39, 0.29) is 18.1 Å². The van der Waals surface area contributed by atoms with E-state index in [1.165, 1.54) is 0 Å². The lowest BCUT2D eigenvalue weighted by Crippen LogP contribution is -2.48. The maximum Gasteiger partial charge on any atom is 0.227 e. The lowest BCUT2D eigenvalue weighted by atomic mass is 10.0. The summed E-state index contributed by atoms with van der Waals surface area (Å²) in [5.74, 6) is 0.764. The summed E-state index contributed by atoms with van der Waals surface area (Å²) in [6.07, 6.45) is 0.141. The number of benzene rings is 1. The van der Waals surface area contributed by atoms with Gasteiger partial charge >= 0.3 is 0 Å². The first-order chi connectivity index (χ1) is 11.5. The molecule has 1 aliphatic rings. The molecule has 2 aromatic rings. The molecule has 1 amide bonds. The average molecular weight is 349 g/mol. The van der Waals surface area contributed by atoms with Crippen LogP contribution in [-0.4, -0.2) is 35.2 Å². The van der Waals surface area contributed by atoms with Crippen LogP contribution in [0, 0.1) is 13.8 Å². The van der Waals surface area contributed by atoms with Crippen LogP contribution in [0.3, 0.4) is 0 Å². The molecule has 6 heteroatoms. The van der Waals surface area contributed by atoms with Gasteiger partial charge in [-0.3, -0.25) is 4.79 Å². The van der Waals surface area contributed by atoms with E-state index in [4.69, 9.17) is 20.9 Å². The van der Waals surface area contributed by atoms with Gasteiger partial charge in [-0.05, 0) is 38.5 Å². The minimum atomic E-state index is -0.159. The van der Waals surface area contributed by atoms with E-state index in [1.807, 2.05) is 49.9 Å². The van der Waals surface area contributed by atoms with E-state index in [9.17, 15) is 4.79 Å². The summed E-state index contributed by atoms with van der Waals surface area (Å²) in [5, 5.41) is 4.59. The van der Waals surface area contributed by atoms with Crippen molar-refractivity contribution < 1.29 is 14.1 Å². The van der Waals surface area contributed by atoms with Gasteiger partial charge in [0.1, 0.15) is 11.9 Å². The maximum absolute atomic E-state index is 12.8. The summed E-state index contributed by atoms with van der Waals surface area (Å²) in [7, 11) is 0. The number of aryl methyl sites for hydroxylation is 2. The molecule has 128 valence electrons. The second-order valence-corrected chi connectivity index (χ2v) is 6.69. The second-order valence-electron chi connectivity index (χ2n) is 6.25.